The predicted octanol–water partition coefficient (Wildman–Crippen LogP) is 1.94. The van der Waals surface area contributed by atoms with Crippen molar-refractivity contribution in [2.45, 2.75) is 25.2 Å². The molecule has 1 saturated heterocycles. The van der Waals surface area contributed by atoms with Gasteiger partial charge in [0.1, 0.15) is 0 Å². The molecule has 1 heterocycles. The van der Waals surface area contributed by atoms with Crippen molar-refractivity contribution in [1.82, 2.24) is 4.90 Å². The number of imide groups is 1. The Labute approximate surface area is 107 Å². The second kappa shape index (κ2) is 5.50. The number of carbonyl (C=O) groups excluding carboxylic acids is 2. The summed E-state index contributed by atoms with van der Waals surface area (Å²) in [5.41, 5.74) is 0.912. The first-order valence-electron chi connectivity index (χ1n) is 6.06. The van der Waals surface area contributed by atoms with Gasteiger partial charge < -0.3 is 0 Å². The standard InChI is InChI=1S/C15H15NO2/c1-2-3-7-10-16-14(17)11-13(15(16)18)12-8-5-4-6-9-12/h1,4-6,8-9,13H,3,7,10-11H2. The Hall–Kier alpha value is -2.08. The first-order chi connectivity index (χ1) is 8.74. The lowest BCUT2D eigenvalue weighted by atomic mass is 9.98. The number of likely N-dealkylation sites (tertiary alicyclic amines) is 1. The van der Waals surface area contributed by atoms with Crippen LogP contribution in [0.15, 0.2) is 30.3 Å². The van der Waals surface area contributed by atoms with E-state index in [0.717, 1.165) is 5.56 Å². The van der Waals surface area contributed by atoms with Crippen LogP contribution in [0.2, 0.25) is 0 Å². The van der Waals surface area contributed by atoms with Gasteiger partial charge in [0.25, 0.3) is 0 Å². The molecule has 1 atom stereocenters. The van der Waals surface area contributed by atoms with Crippen LogP contribution < -0.4 is 0 Å². The number of hydrogen-bond donors (Lipinski definition) is 0. The number of nitrogens with zero attached hydrogens (tertiary/aromatic N) is 1. The molecule has 0 spiro atoms. The Morgan fingerprint density at radius 1 is 1.28 bits per heavy atom. The second-order valence-electron chi connectivity index (χ2n) is 4.36. The average Bonchev–Trinajstić information content (AvgIpc) is 2.68. The maximum atomic E-state index is 12.2. The van der Waals surface area contributed by atoms with Crippen LogP contribution in [-0.2, 0) is 9.59 Å². The summed E-state index contributed by atoms with van der Waals surface area (Å²) >= 11 is 0. The van der Waals surface area contributed by atoms with Crippen LogP contribution in [0.1, 0.15) is 30.7 Å². The Balaban J connectivity index is 2.08. The minimum Gasteiger partial charge on any atom is -0.282 e. The molecule has 0 radical (unpaired) electrons. The van der Waals surface area contributed by atoms with E-state index in [9.17, 15) is 9.59 Å². The Kier molecular flexibility index (Phi) is 3.78. The van der Waals surface area contributed by atoms with E-state index in [1.807, 2.05) is 30.3 Å². The smallest absolute Gasteiger partial charge is 0.237 e. The third kappa shape index (κ3) is 2.43. The van der Waals surface area contributed by atoms with Crippen molar-refractivity contribution < 1.29 is 9.59 Å². The van der Waals surface area contributed by atoms with E-state index in [4.69, 9.17) is 6.42 Å². The van der Waals surface area contributed by atoms with Gasteiger partial charge in [0.05, 0.1) is 5.92 Å². The van der Waals surface area contributed by atoms with Gasteiger partial charge >= 0.3 is 0 Å². The lowest BCUT2D eigenvalue weighted by Crippen LogP contribution is -2.31. The average molecular weight is 241 g/mol. The van der Waals surface area contributed by atoms with Gasteiger partial charge in [0.15, 0.2) is 0 Å². The van der Waals surface area contributed by atoms with Crippen LogP contribution in [0.4, 0.5) is 0 Å². The minimum absolute atomic E-state index is 0.0918. The van der Waals surface area contributed by atoms with E-state index in [1.165, 1.54) is 4.90 Å². The zero-order valence-corrected chi connectivity index (χ0v) is 10.1. The van der Waals surface area contributed by atoms with E-state index >= 15 is 0 Å². The fourth-order valence-corrected chi connectivity index (χ4v) is 2.20. The molecule has 1 aliphatic rings. The molecule has 18 heavy (non-hydrogen) atoms. The summed E-state index contributed by atoms with van der Waals surface area (Å²) in [5, 5.41) is 0. The SMILES string of the molecule is C#CCCCN1C(=O)CC(c2ccccc2)C1=O. The molecule has 0 N–H and O–H groups in total. The topological polar surface area (TPSA) is 37.4 Å². The minimum atomic E-state index is -0.315. The van der Waals surface area contributed by atoms with Crippen molar-refractivity contribution in [1.29, 1.82) is 0 Å². The van der Waals surface area contributed by atoms with E-state index in [0.29, 0.717) is 19.4 Å². The molecular weight excluding hydrogens is 226 g/mol. The molecule has 1 fully saturated rings. The molecule has 0 saturated carbocycles. The molecule has 1 unspecified atom stereocenters. The molecule has 0 bridgehead atoms. The van der Waals surface area contributed by atoms with Crippen molar-refractivity contribution >= 4 is 11.8 Å². The summed E-state index contributed by atoms with van der Waals surface area (Å²) in [6, 6.07) is 9.44. The summed E-state index contributed by atoms with van der Waals surface area (Å²) in [6.45, 7) is 0.436. The third-order valence-electron chi connectivity index (χ3n) is 3.15. The van der Waals surface area contributed by atoms with E-state index < -0.39 is 0 Å². The number of hydrogen-bond acceptors (Lipinski definition) is 2. The zero-order chi connectivity index (χ0) is 13.0. The molecule has 0 aliphatic carbocycles. The summed E-state index contributed by atoms with van der Waals surface area (Å²) in [6.07, 6.45) is 6.71. The van der Waals surface area contributed by atoms with Gasteiger partial charge in [-0.25, -0.2) is 0 Å². The van der Waals surface area contributed by atoms with Gasteiger partial charge in [-0.05, 0) is 12.0 Å². The van der Waals surface area contributed by atoms with Crippen LogP contribution in [0.25, 0.3) is 0 Å². The largest absolute Gasteiger partial charge is 0.282 e. The van der Waals surface area contributed by atoms with Crippen molar-refractivity contribution in [3.8, 4) is 12.3 Å². The van der Waals surface area contributed by atoms with Gasteiger partial charge in [-0.2, -0.15) is 0 Å². The number of benzene rings is 1. The first-order valence-corrected chi connectivity index (χ1v) is 6.06. The molecule has 0 aromatic heterocycles. The summed E-state index contributed by atoms with van der Waals surface area (Å²) in [4.78, 5) is 25.3. The van der Waals surface area contributed by atoms with Gasteiger partial charge in [-0.1, -0.05) is 30.3 Å². The summed E-state index contributed by atoms with van der Waals surface area (Å²) < 4.78 is 0. The van der Waals surface area contributed by atoms with Gasteiger partial charge in [0.2, 0.25) is 11.8 Å². The maximum Gasteiger partial charge on any atom is 0.237 e. The number of terminal acetylenes is 1. The van der Waals surface area contributed by atoms with E-state index in [1.54, 1.807) is 0 Å². The van der Waals surface area contributed by atoms with Crippen molar-refractivity contribution in [3.05, 3.63) is 35.9 Å². The highest BCUT2D eigenvalue weighted by Crippen LogP contribution is 2.29. The molecule has 92 valence electrons. The highest BCUT2D eigenvalue weighted by molar-refractivity contribution is 6.06. The quantitative estimate of drug-likeness (QED) is 0.459. The molecule has 1 aromatic rings. The van der Waals surface area contributed by atoms with Gasteiger partial charge in [-0.15, -0.1) is 12.3 Å². The molecule has 3 heteroatoms. The number of rotatable bonds is 4. The van der Waals surface area contributed by atoms with Crippen LogP contribution in [-0.4, -0.2) is 23.3 Å². The van der Waals surface area contributed by atoms with Gasteiger partial charge in [-0.3, -0.25) is 14.5 Å². The second-order valence-corrected chi connectivity index (χ2v) is 4.36. The monoisotopic (exact) mass is 241 g/mol. The van der Waals surface area contributed by atoms with E-state index in [2.05, 4.69) is 5.92 Å². The maximum absolute atomic E-state index is 12.2. The van der Waals surface area contributed by atoms with Crippen LogP contribution >= 0.6 is 0 Å². The van der Waals surface area contributed by atoms with Crippen LogP contribution in [0, 0.1) is 12.3 Å². The lowest BCUT2D eigenvalue weighted by Gasteiger charge is -2.14. The first kappa shape index (κ1) is 12.4. The zero-order valence-electron chi connectivity index (χ0n) is 10.1. The third-order valence-corrected chi connectivity index (χ3v) is 3.15. The van der Waals surface area contributed by atoms with Crippen molar-refractivity contribution in [3.63, 3.8) is 0 Å². The van der Waals surface area contributed by atoms with Crippen molar-refractivity contribution in [2.75, 3.05) is 6.54 Å². The van der Waals surface area contributed by atoms with Crippen LogP contribution in [0.5, 0.6) is 0 Å². The highest BCUT2D eigenvalue weighted by atomic mass is 16.2. The molecule has 2 rings (SSSR count). The predicted molar refractivity (Wildman–Crippen MR) is 68.6 cm³/mol. The molecule has 1 aliphatic heterocycles. The Morgan fingerprint density at radius 3 is 2.67 bits per heavy atom. The normalized spacial score (nSPS) is 19.1. The fourth-order valence-electron chi connectivity index (χ4n) is 2.20. The molecule has 2 amide bonds. The number of amides is 2. The number of unbranched alkanes of at least 4 members (excludes halogenated alkanes) is 1. The lowest BCUT2D eigenvalue weighted by molar-refractivity contribution is -0.138. The fraction of sp³-hybridized carbons (Fsp3) is 0.333. The Morgan fingerprint density at radius 2 is 2.00 bits per heavy atom. The Bertz CT molecular complexity index is 487. The van der Waals surface area contributed by atoms with Gasteiger partial charge in [0, 0.05) is 19.4 Å². The molecular formula is C15H15NO2. The highest BCUT2D eigenvalue weighted by Gasteiger charge is 2.38. The number of carbonyl (C=O) groups is 2. The molecule has 1 aromatic carbocycles. The van der Waals surface area contributed by atoms with Crippen molar-refractivity contribution in [2.24, 2.45) is 0 Å². The summed E-state index contributed by atoms with van der Waals surface area (Å²) in [5.74, 6) is 2.01. The summed E-state index contributed by atoms with van der Waals surface area (Å²) in [7, 11) is 0. The van der Waals surface area contributed by atoms with Crippen LogP contribution in [0.3, 0.4) is 0 Å². The van der Waals surface area contributed by atoms with E-state index in [-0.39, 0.29) is 24.2 Å². The molecule has 3 nitrogen and oxygen atoms in total.